The largest absolute Gasteiger partial charge is 0.496 e. The van der Waals surface area contributed by atoms with E-state index in [1.807, 2.05) is 32.1 Å². The topological polar surface area (TPSA) is 57.9 Å². The predicted molar refractivity (Wildman–Crippen MR) is 88.0 cm³/mol. The molecule has 2 aromatic rings. The highest BCUT2D eigenvalue weighted by Gasteiger charge is 2.18. The summed E-state index contributed by atoms with van der Waals surface area (Å²) >= 11 is 0. The first-order valence-corrected chi connectivity index (χ1v) is 7.46. The van der Waals surface area contributed by atoms with Gasteiger partial charge in [0.1, 0.15) is 23.7 Å². The Bertz CT molecular complexity index is 708. The fourth-order valence-electron chi connectivity index (χ4n) is 2.31. The number of carbonyl (C=O) groups excluding carboxylic acids is 1. The monoisotopic (exact) mass is 318 g/mol. The van der Waals surface area contributed by atoms with Gasteiger partial charge in [-0.05, 0) is 32.4 Å². The van der Waals surface area contributed by atoms with Gasteiger partial charge in [0.05, 0.1) is 25.9 Å². The number of fused-ring (bicyclic) bond motifs is 1. The van der Waals surface area contributed by atoms with Crippen molar-refractivity contribution in [3.63, 3.8) is 0 Å². The number of carbonyl (C=O) groups is 1. The van der Waals surface area contributed by atoms with Crippen LogP contribution in [0.1, 0.15) is 25.8 Å². The average Bonchev–Trinajstić information content (AvgIpc) is 3.00. The molecule has 0 bridgehead atoms. The molecule has 0 fully saturated rings. The Morgan fingerprint density at radius 1 is 1.30 bits per heavy atom. The normalized spacial score (nSPS) is 10.4. The van der Waals surface area contributed by atoms with E-state index in [4.69, 9.17) is 18.6 Å². The van der Waals surface area contributed by atoms with E-state index in [1.165, 1.54) is 12.7 Å². The van der Waals surface area contributed by atoms with Gasteiger partial charge in [-0.2, -0.15) is 0 Å². The van der Waals surface area contributed by atoms with Crippen LogP contribution < -0.4 is 9.47 Å². The Balaban J connectivity index is 2.41. The lowest BCUT2D eigenvalue weighted by Gasteiger charge is -2.15. The summed E-state index contributed by atoms with van der Waals surface area (Å²) in [7, 11) is 2.97. The molecular weight excluding hydrogens is 296 g/mol. The van der Waals surface area contributed by atoms with E-state index in [0.717, 1.165) is 10.9 Å². The van der Waals surface area contributed by atoms with Gasteiger partial charge in [0.25, 0.3) is 0 Å². The van der Waals surface area contributed by atoms with Crippen molar-refractivity contribution in [2.45, 2.75) is 26.7 Å². The first-order chi connectivity index (χ1) is 11.1. The highest BCUT2D eigenvalue weighted by molar-refractivity contribution is 5.88. The fourth-order valence-corrected chi connectivity index (χ4v) is 2.31. The van der Waals surface area contributed by atoms with Gasteiger partial charge in [0.2, 0.25) is 0 Å². The quantitative estimate of drug-likeness (QED) is 0.572. The van der Waals surface area contributed by atoms with Crippen molar-refractivity contribution in [2.24, 2.45) is 0 Å². The van der Waals surface area contributed by atoms with Crippen molar-refractivity contribution in [3.8, 4) is 11.5 Å². The third-order valence-electron chi connectivity index (χ3n) is 3.52. The Hall–Kier alpha value is -2.43. The molecule has 0 spiro atoms. The number of hydrogen-bond acceptors (Lipinski definition) is 5. The molecule has 1 aromatic carbocycles. The second-order valence-electron chi connectivity index (χ2n) is 5.39. The Labute approximate surface area is 135 Å². The van der Waals surface area contributed by atoms with Gasteiger partial charge in [0, 0.05) is 18.1 Å². The average molecular weight is 318 g/mol. The minimum atomic E-state index is -0.269. The van der Waals surface area contributed by atoms with Crippen LogP contribution in [0.5, 0.6) is 11.5 Å². The first-order valence-electron chi connectivity index (χ1n) is 7.46. The summed E-state index contributed by atoms with van der Waals surface area (Å²) in [5, 5.41) is 0.868. The van der Waals surface area contributed by atoms with Crippen molar-refractivity contribution in [3.05, 3.63) is 35.6 Å². The Kier molecular flexibility index (Phi) is 5.68. The summed E-state index contributed by atoms with van der Waals surface area (Å²) in [4.78, 5) is 11.5. The third-order valence-corrected chi connectivity index (χ3v) is 3.52. The van der Waals surface area contributed by atoms with Crippen LogP contribution in [-0.2, 0) is 16.0 Å². The van der Waals surface area contributed by atoms with Gasteiger partial charge in [-0.25, -0.2) is 0 Å². The van der Waals surface area contributed by atoms with Crippen molar-refractivity contribution < 1.29 is 23.4 Å². The van der Waals surface area contributed by atoms with E-state index < -0.39 is 0 Å². The summed E-state index contributed by atoms with van der Waals surface area (Å²) in [6, 6.07) is 3.67. The number of hydrogen-bond donors (Lipinski definition) is 0. The Morgan fingerprint density at radius 3 is 2.74 bits per heavy atom. The van der Waals surface area contributed by atoms with Gasteiger partial charge in [-0.3, -0.25) is 4.79 Å². The molecule has 0 saturated heterocycles. The highest BCUT2D eigenvalue weighted by Crippen LogP contribution is 2.38. The number of methoxy groups -OCH3 is 2. The second-order valence-corrected chi connectivity index (χ2v) is 5.39. The minimum Gasteiger partial charge on any atom is -0.496 e. The third kappa shape index (κ3) is 4.06. The first kappa shape index (κ1) is 16.9. The number of benzene rings is 1. The number of ether oxygens (including phenoxy) is 3. The summed E-state index contributed by atoms with van der Waals surface area (Å²) < 4.78 is 21.6. The summed E-state index contributed by atoms with van der Waals surface area (Å²) in [5.41, 5.74) is 2.71. The zero-order valence-corrected chi connectivity index (χ0v) is 14.0. The fraction of sp³-hybridized carbons (Fsp3) is 0.389. The molecule has 1 heterocycles. The molecule has 1 aromatic heterocycles. The lowest BCUT2D eigenvalue weighted by atomic mass is 10.0. The van der Waals surface area contributed by atoms with Crippen LogP contribution in [0.4, 0.5) is 0 Å². The molecule has 0 radical (unpaired) electrons. The van der Waals surface area contributed by atoms with E-state index in [1.54, 1.807) is 13.4 Å². The van der Waals surface area contributed by atoms with E-state index >= 15 is 0 Å². The molecule has 2 rings (SSSR count). The van der Waals surface area contributed by atoms with Gasteiger partial charge in [-0.15, -0.1) is 0 Å². The minimum absolute atomic E-state index is 0.259. The molecule has 5 nitrogen and oxygen atoms in total. The van der Waals surface area contributed by atoms with E-state index in [2.05, 4.69) is 0 Å². The lowest BCUT2D eigenvalue weighted by molar-refractivity contribution is -0.140. The van der Waals surface area contributed by atoms with Crippen LogP contribution in [-0.4, -0.2) is 26.8 Å². The zero-order chi connectivity index (χ0) is 16.8. The molecule has 0 saturated carbocycles. The van der Waals surface area contributed by atoms with Crippen molar-refractivity contribution >= 4 is 16.9 Å². The molecule has 23 heavy (non-hydrogen) atoms. The van der Waals surface area contributed by atoms with Crippen LogP contribution in [0, 0.1) is 0 Å². The van der Waals surface area contributed by atoms with E-state index in [-0.39, 0.29) is 12.4 Å². The van der Waals surface area contributed by atoms with Gasteiger partial charge >= 0.3 is 5.97 Å². The maximum Gasteiger partial charge on any atom is 0.305 e. The van der Waals surface area contributed by atoms with Gasteiger partial charge in [-0.1, -0.05) is 5.57 Å². The number of esters is 1. The van der Waals surface area contributed by atoms with Crippen LogP contribution in [0.3, 0.4) is 0 Å². The molecule has 0 aliphatic carbocycles. The van der Waals surface area contributed by atoms with Crippen LogP contribution >= 0.6 is 0 Å². The maximum atomic E-state index is 11.5. The van der Waals surface area contributed by atoms with E-state index in [0.29, 0.717) is 30.1 Å². The second kappa shape index (κ2) is 7.72. The molecule has 0 atom stereocenters. The molecule has 0 N–H and O–H groups in total. The highest BCUT2D eigenvalue weighted by atomic mass is 16.5. The standard InChI is InChI=1S/C18H22O5/c1-12(2)7-9-23-18-13(5-6-17(19)21-4)15(20-3)11-16-14(18)8-10-22-16/h7-8,10-11H,5-6,9H2,1-4H3. The van der Waals surface area contributed by atoms with E-state index in [9.17, 15) is 4.79 Å². The molecule has 0 unspecified atom stereocenters. The van der Waals surface area contributed by atoms with Crippen molar-refractivity contribution in [2.75, 3.05) is 20.8 Å². The van der Waals surface area contributed by atoms with Crippen LogP contribution in [0.2, 0.25) is 0 Å². The molecule has 0 aliphatic heterocycles. The number of rotatable bonds is 7. The van der Waals surface area contributed by atoms with Crippen molar-refractivity contribution in [1.82, 2.24) is 0 Å². The summed E-state index contributed by atoms with van der Waals surface area (Å²) in [6.45, 7) is 4.47. The maximum absolute atomic E-state index is 11.5. The SMILES string of the molecule is COC(=O)CCc1c(OC)cc2occc2c1OCC=C(C)C. The van der Waals surface area contributed by atoms with Crippen LogP contribution in [0.15, 0.2) is 34.5 Å². The van der Waals surface area contributed by atoms with Crippen LogP contribution in [0.25, 0.3) is 11.0 Å². The molecular formula is C18H22O5. The summed E-state index contributed by atoms with van der Waals surface area (Å²) in [5.74, 6) is 1.06. The number of furan rings is 1. The predicted octanol–water partition coefficient (Wildman–Crippen LogP) is 3.89. The Morgan fingerprint density at radius 2 is 2.09 bits per heavy atom. The lowest BCUT2D eigenvalue weighted by Crippen LogP contribution is -2.06. The van der Waals surface area contributed by atoms with Gasteiger partial charge in [0.15, 0.2) is 0 Å². The summed E-state index contributed by atoms with van der Waals surface area (Å²) in [6.07, 6.45) is 4.34. The molecule has 124 valence electrons. The molecule has 0 amide bonds. The smallest absolute Gasteiger partial charge is 0.305 e. The number of allylic oxidation sites excluding steroid dienone is 1. The van der Waals surface area contributed by atoms with Crippen molar-refractivity contribution in [1.29, 1.82) is 0 Å². The zero-order valence-electron chi connectivity index (χ0n) is 14.0. The molecule has 0 aliphatic rings. The molecule has 5 heteroatoms. The van der Waals surface area contributed by atoms with Gasteiger partial charge < -0.3 is 18.6 Å².